The number of amides is 1. The minimum atomic E-state index is -0.165. The molecule has 0 saturated heterocycles. The van der Waals surface area contributed by atoms with Crippen molar-refractivity contribution in [3.05, 3.63) is 15.5 Å². The summed E-state index contributed by atoms with van der Waals surface area (Å²) in [5.74, 6) is -0.165. The number of hydrogen-bond acceptors (Lipinski definition) is 3. The molecule has 0 spiro atoms. The quantitative estimate of drug-likeness (QED) is 0.800. The maximum absolute atomic E-state index is 11.2. The van der Waals surface area contributed by atoms with Crippen molar-refractivity contribution in [1.29, 1.82) is 0 Å². The molecule has 0 aliphatic heterocycles. The van der Waals surface area contributed by atoms with Crippen molar-refractivity contribution >= 4 is 28.8 Å². The maximum Gasteiger partial charge on any atom is 0.280 e. The van der Waals surface area contributed by atoms with E-state index >= 15 is 0 Å². The van der Waals surface area contributed by atoms with E-state index in [1.54, 1.807) is 0 Å². The fourth-order valence-electron chi connectivity index (χ4n) is 0.683. The summed E-state index contributed by atoms with van der Waals surface area (Å²) in [6.45, 7) is 3.79. The van der Waals surface area contributed by atoms with Crippen LogP contribution in [0.15, 0.2) is 6.20 Å². The highest BCUT2D eigenvalue weighted by Crippen LogP contribution is 2.17. The van der Waals surface area contributed by atoms with Crippen LogP contribution in [-0.2, 0) is 0 Å². The van der Waals surface area contributed by atoms with Crippen LogP contribution in [0.5, 0.6) is 0 Å². The number of carbonyl (C=O) groups excluding carboxylic acids is 1. The summed E-state index contributed by atoms with van der Waals surface area (Å²) in [4.78, 5) is 15.1. The van der Waals surface area contributed by atoms with Crippen molar-refractivity contribution in [1.82, 2.24) is 10.3 Å². The second kappa shape index (κ2) is 3.87. The van der Waals surface area contributed by atoms with E-state index in [9.17, 15) is 4.79 Å². The Balaban J connectivity index is 2.65. The second-order valence-electron chi connectivity index (χ2n) is 2.60. The Morgan fingerprint density at radius 3 is 2.83 bits per heavy atom. The number of halogens is 1. The number of hydrogen-bond donors (Lipinski definition) is 1. The summed E-state index contributed by atoms with van der Waals surface area (Å²) in [5, 5.41) is 3.13. The van der Waals surface area contributed by atoms with Crippen LogP contribution in [0.25, 0.3) is 0 Å². The Labute approximate surface area is 79.8 Å². The molecule has 0 unspecified atom stereocenters. The smallest absolute Gasteiger partial charge is 0.280 e. The lowest BCUT2D eigenvalue weighted by Gasteiger charge is -2.04. The van der Waals surface area contributed by atoms with Crippen LogP contribution in [0.1, 0.15) is 23.6 Å². The molecular weight excluding hydrogens is 196 g/mol. The highest BCUT2D eigenvalue weighted by molar-refractivity contribution is 7.17. The molecule has 1 amide bonds. The zero-order valence-electron chi connectivity index (χ0n) is 6.80. The number of nitrogens with one attached hydrogen (secondary N) is 1. The van der Waals surface area contributed by atoms with Crippen LogP contribution in [0.4, 0.5) is 0 Å². The predicted molar refractivity (Wildman–Crippen MR) is 49.7 cm³/mol. The standard InChI is InChI=1S/C7H9ClN2OS/c1-4(2)10-6(11)7-9-3-5(8)12-7/h3-4H,1-2H3,(H,10,11). The molecule has 1 N–H and O–H groups in total. The molecule has 3 nitrogen and oxygen atoms in total. The van der Waals surface area contributed by atoms with Crippen molar-refractivity contribution in [2.45, 2.75) is 19.9 Å². The van der Waals surface area contributed by atoms with E-state index in [-0.39, 0.29) is 11.9 Å². The topological polar surface area (TPSA) is 42.0 Å². The van der Waals surface area contributed by atoms with Crippen molar-refractivity contribution in [3.8, 4) is 0 Å². The predicted octanol–water partition coefficient (Wildman–Crippen LogP) is 1.93. The van der Waals surface area contributed by atoms with Crippen LogP contribution in [0.2, 0.25) is 4.34 Å². The van der Waals surface area contributed by atoms with Gasteiger partial charge in [0.1, 0.15) is 4.34 Å². The van der Waals surface area contributed by atoms with Crippen molar-refractivity contribution < 1.29 is 4.79 Å². The van der Waals surface area contributed by atoms with Gasteiger partial charge in [-0.25, -0.2) is 4.98 Å². The molecule has 0 aliphatic carbocycles. The highest BCUT2D eigenvalue weighted by atomic mass is 35.5. The van der Waals surface area contributed by atoms with Crippen LogP contribution in [0, 0.1) is 0 Å². The van der Waals surface area contributed by atoms with Crippen LogP contribution in [0.3, 0.4) is 0 Å². The summed E-state index contributed by atoms with van der Waals surface area (Å²) < 4.78 is 0.531. The molecule has 0 radical (unpaired) electrons. The van der Waals surface area contributed by atoms with Gasteiger partial charge in [-0.3, -0.25) is 4.79 Å². The van der Waals surface area contributed by atoms with Gasteiger partial charge in [-0.2, -0.15) is 0 Å². The lowest BCUT2D eigenvalue weighted by atomic mass is 10.4. The first-order valence-corrected chi connectivity index (χ1v) is 4.71. The zero-order valence-corrected chi connectivity index (χ0v) is 8.37. The number of thiazole rings is 1. The summed E-state index contributed by atoms with van der Waals surface area (Å²) >= 11 is 6.80. The molecule has 0 fully saturated rings. The van der Waals surface area contributed by atoms with Gasteiger partial charge in [0.25, 0.3) is 5.91 Å². The summed E-state index contributed by atoms with van der Waals surface area (Å²) in [7, 11) is 0. The summed E-state index contributed by atoms with van der Waals surface area (Å²) in [6, 6.07) is 0.125. The van der Waals surface area contributed by atoms with Gasteiger partial charge < -0.3 is 5.32 Å². The van der Waals surface area contributed by atoms with Gasteiger partial charge in [-0.05, 0) is 13.8 Å². The number of nitrogens with zero attached hydrogens (tertiary/aromatic N) is 1. The third-order valence-corrected chi connectivity index (χ3v) is 2.21. The monoisotopic (exact) mass is 204 g/mol. The zero-order chi connectivity index (χ0) is 9.14. The first-order valence-electron chi connectivity index (χ1n) is 3.52. The van der Waals surface area contributed by atoms with E-state index in [2.05, 4.69) is 10.3 Å². The Morgan fingerprint density at radius 1 is 1.75 bits per heavy atom. The molecule has 0 bridgehead atoms. The van der Waals surface area contributed by atoms with Gasteiger partial charge in [-0.1, -0.05) is 22.9 Å². The van der Waals surface area contributed by atoms with Gasteiger partial charge in [0.05, 0.1) is 6.20 Å². The van der Waals surface area contributed by atoms with Crippen molar-refractivity contribution in [2.75, 3.05) is 0 Å². The van der Waals surface area contributed by atoms with Crippen LogP contribution >= 0.6 is 22.9 Å². The molecule has 12 heavy (non-hydrogen) atoms. The van der Waals surface area contributed by atoms with Gasteiger partial charge >= 0.3 is 0 Å². The lowest BCUT2D eigenvalue weighted by molar-refractivity contribution is 0.0943. The van der Waals surface area contributed by atoms with Gasteiger partial charge in [0, 0.05) is 6.04 Å². The van der Waals surface area contributed by atoms with E-state index < -0.39 is 0 Å². The third kappa shape index (κ3) is 2.46. The number of aromatic nitrogens is 1. The molecule has 0 atom stereocenters. The second-order valence-corrected chi connectivity index (χ2v) is 4.26. The summed E-state index contributed by atoms with van der Waals surface area (Å²) in [6.07, 6.45) is 1.47. The Morgan fingerprint density at radius 2 is 2.42 bits per heavy atom. The first-order chi connectivity index (χ1) is 5.59. The van der Waals surface area contributed by atoms with Crippen LogP contribution in [-0.4, -0.2) is 16.9 Å². The first kappa shape index (κ1) is 9.48. The van der Waals surface area contributed by atoms with Crippen molar-refractivity contribution in [2.24, 2.45) is 0 Å². The minimum Gasteiger partial charge on any atom is -0.348 e. The van der Waals surface area contributed by atoms with E-state index in [0.29, 0.717) is 9.34 Å². The number of rotatable bonds is 2. The highest BCUT2D eigenvalue weighted by Gasteiger charge is 2.10. The lowest BCUT2D eigenvalue weighted by Crippen LogP contribution is -2.29. The average molecular weight is 205 g/mol. The molecule has 1 aromatic rings. The third-order valence-electron chi connectivity index (χ3n) is 1.09. The summed E-state index contributed by atoms with van der Waals surface area (Å²) in [5.41, 5.74) is 0. The molecular formula is C7H9ClN2OS. The fraction of sp³-hybridized carbons (Fsp3) is 0.429. The minimum absolute atomic E-state index is 0.125. The van der Waals surface area contributed by atoms with E-state index in [4.69, 9.17) is 11.6 Å². The molecule has 1 aromatic heterocycles. The Bertz CT molecular complexity index is 285. The fourth-order valence-corrected chi connectivity index (χ4v) is 1.50. The Kier molecular flexibility index (Phi) is 3.05. The molecule has 0 saturated carbocycles. The molecule has 1 rings (SSSR count). The van der Waals surface area contributed by atoms with Crippen LogP contribution < -0.4 is 5.32 Å². The molecule has 5 heteroatoms. The van der Waals surface area contributed by atoms with E-state index in [1.165, 1.54) is 17.5 Å². The Hall–Kier alpha value is -0.610. The largest absolute Gasteiger partial charge is 0.348 e. The van der Waals surface area contributed by atoms with Gasteiger partial charge in [-0.15, -0.1) is 0 Å². The normalized spacial score (nSPS) is 10.3. The molecule has 66 valence electrons. The number of carbonyl (C=O) groups is 1. The van der Waals surface area contributed by atoms with Crippen molar-refractivity contribution in [3.63, 3.8) is 0 Å². The van der Waals surface area contributed by atoms with Gasteiger partial charge in [0.15, 0.2) is 5.01 Å². The SMILES string of the molecule is CC(C)NC(=O)c1ncc(Cl)s1. The maximum atomic E-state index is 11.2. The van der Waals surface area contributed by atoms with Gasteiger partial charge in [0.2, 0.25) is 0 Å². The average Bonchev–Trinajstić information content (AvgIpc) is 2.34. The molecule has 0 aliphatic rings. The molecule has 0 aromatic carbocycles. The molecule has 1 heterocycles. The van der Waals surface area contributed by atoms with E-state index in [1.807, 2.05) is 13.8 Å². The van der Waals surface area contributed by atoms with E-state index in [0.717, 1.165) is 0 Å².